The van der Waals surface area contributed by atoms with Gasteiger partial charge in [-0.05, 0) is 43.4 Å². The molecule has 0 N–H and O–H groups in total. The number of halogens is 1. The molecular weight excluding hydrogens is 253 g/mol. The van der Waals surface area contributed by atoms with Gasteiger partial charge in [0, 0.05) is 24.3 Å². The molecule has 0 amide bonds. The Morgan fingerprint density at radius 1 is 1.15 bits per heavy atom. The summed E-state index contributed by atoms with van der Waals surface area (Å²) in [6.45, 7) is 1.05. The summed E-state index contributed by atoms with van der Waals surface area (Å²) in [5.74, 6) is 1.30. The van der Waals surface area contributed by atoms with Gasteiger partial charge in [0.15, 0.2) is 0 Å². The molecule has 3 nitrogen and oxygen atoms in total. The molecule has 2 heterocycles. The van der Waals surface area contributed by atoms with Crippen LogP contribution in [0.15, 0.2) is 36.5 Å². The summed E-state index contributed by atoms with van der Waals surface area (Å²) < 4.78 is 13.9. The molecule has 1 aromatic heterocycles. The SMILES string of the molecule is Fc1ccccc1-c1ccnc(N2CC3CCC2C3)n1. The van der Waals surface area contributed by atoms with Gasteiger partial charge in [0.05, 0.1) is 5.69 Å². The van der Waals surface area contributed by atoms with Gasteiger partial charge in [-0.1, -0.05) is 12.1 Å². The van der Waals surface area contributed by atoms with Gasteiger partial charge >= 0.3 is 0 Å². The number of benzene rings is 1. The summed E-state index contributed by atoms with van der Waals surface area (Å²) in [6.07, 6.45) is 5.55. The monoisotopic (exact) mass is 269 g/mol. The molecule has 102 valence electrons. The van der Waals surface area contributed by atoms with E-state index in [2.05, 4.69) is 14.9 Å². The van der Waals surface area contributed by atoms with Crippen LogP contribution in [0.1, 0.15) is 19.3 Å². The van der Waals surface area contributed by atoms with Gasteiger partial charge in [0.2, 0.25) is 5.95 Å². The van der Waals surface area contributed by atoms with E-state index in [1.165, 1.54) is 25.3 Å². The molecule has 2 fully saturated rings. The van der Waals surface area contributed by atoms with Crippen molar-refractivity contribution in [3.8, 4) is 11.3 Å². The van der Waals surface area contributed by atoms with Crippen LogP contribution in [-0.4, -0.2) is 22.6 Å². The third kappa shape index (κ3) is 1.87. The molecule has 2 atom stereocenters. The summed E-state index contributed by atoms with van der Waals surface area (Å²) in [7, 11) is 0. The zero-order chi connectivity index (χ0) is 13.5. The number of nitrogens with zero attached hydrogens (tertiary/aromatic N) is 3. The van der Waals surface area contributed by atoms with Crippen LogP contribution >= 0.6 is 0 Å². The van der Waals surface area contributed by atoms with E-state index in [-0.39, 0.29) is 5.82 Å². The van der Waals surface area contributed by atoms with Crippen LogP contribution in [0, 0.1) is 11.7 Å². The number of hydrogen-bond donors (Lipinski definition) is 0. The van der Waals surface area contributed by atoms with Gasteiger partial charge < -0.3 is 4.90 Å². The molecular formula is C16H16FN3. The van der Waals surface area contributed by atoms with Crippen molar-refractivity contribution in [1.82, 2.24) is 9.97 Å². The highest BCUT2D eigenvalue weighted by Crippen LogP contribution is 2.39. The fourth-order valence-electron chi connectivity index (χ4n) is 3.48. The van der Waals surface area contributed by atoms with Crippen molar-refractivity contribution in [3.05, 3.63) is 42.3 Å². The average molecular weight is 269 g/mol. The Hall–Kier alpha value is -1.97. The quantitative estimate of drug-likeness (QED) is 0.838. The number of fused-ring (bicyclic) bond motifs is 2. The van der Waals surface area contributed by atoms with Crippen molar-refractivity contribution < 1.29 is 4.39 Å². The minimum Gasteiger partial charge on any atom is -0.338 e. The van der Waals surface area contributed by atoms with Crippen molar-refractivity contribution in [3.63, 3.8) is 0 Å². The van der Waals surface area contributed by atoms with Crippen LogP contribution in [0.25, 0.3) is 11.3 Å². The third-order valence-corrected chi connectivity index (χ3v) is 4.46. The Morgan fingerprint density at radius 3 is 2.80 bits per heavy atom. The van der Waals surface area contributed by atoms with Gasteiger partial charge in [-0.25, -0.2) is 14.4 Å². The zero-order valence-electron chi connectivity index (χ0n) is 11.2. The Balaban J connectivity index is 1.70. The van der Waals surface area contributed by atoms with Gasteiger partial charge in [0.25, 0.3) is 0 Å². The first-order valence-electron chi connectivity index (χ1n) is 7.16. The number of rotatable bonds is 2. The maximum atomic E-state index is 13.9. The molecule has 0 radical (unpaired) electrons. The predicted octanol–water partition coefficient (Wildman–Crippen LogP) is 3.27. The second kappa shape index (κ2) is 4.54. The van der Waals surface area contributed by atoms with E-state index in [4.69, 9.17) is 0 Å². The Morgan fingerprint density at radius 2 is 2.05 bits per heavy atom. The fraction of sp³-hybridized carbons (Fsp3) is 0.375. The first-order chi connectivity index (χ1) is 9.81. The second-order valence-corrected chi connectivity index (χ2v) is 5.71. The minimum absolute atomic E-state index is 0.236. The van der Waals surface area contributed by atoms with Crippen LogP contribution in [-0.2, 0) is 0 Å². The van der Waals surface area contributed by atoms with E-state index in [9.17, 15) is 4.39 Å². The minimum atomic E-state index is -0.236. The lowest BCUT2D eigenvalue weighted by atomic mass is 10.1. The maximum absolute atomic E-state index is 13.9. The van der Waals surface area contributed by atoms with E-state index in [1.807, 2.05) is 6.07 Å². The van der Waals surface area contributed by atoms with E-state index >= 15 is 0 Å². The molecule has 4 rings (SSSR count). The molecule has 1 aliphatic carbocycles. The van der Waals surface area contributed by atoms with E-state index in [0.29, 0.717) is 17.3 Å². The number of anilines is 1. The summed E-state index contributed by atoms with van der Waals surface area (Å²) in [6, 6.07) is 9.11. The highest BCUT2D eigenvalue weighted by atomic mass is 19.1. The van der Waals surface area contributed by atoms with E-state index in [0.717, 1.165) is 18.4 Å². The van der Waals surface area contributed by atoms with Crippen molar-refractivity contribution in [2.24, 2.45) is 5.92 Å². The van der Waals surface area contributed by atoms with Crippen LogP contribution in [0.5, 0.6) is 0 Å². The van der Waals surface area contributed by atoms with Gasteiger partial charge in [-0.15, -0.1) is 0 Å². The first kappa shape index (κ1) is 11.8. The van der Waals surface area contributed by atoms with Gasteiger partial charge in [0.1, 0.15) is 5.82 Å². The molecule has 1 saturated carbocycles. The van der Waals surface area contributed by atoms with Gasteiger partial charge in [-0.2, -0.15) is 0 Å². The number of aromatic nitrogens is 2. The lowest BCUT2D eigenvalue weighted by Gasteiger charge is -2.27. The lowest BCUT2D eigenvalue weighted by Crippen LogP contribution is -2.33. The van der Waals surface area contributed by atoms with Crippen molar-refractivity contribution >= 4 is 5.95 Å². The average Bonchev–Trinajstić information content (AvgIpc) is 3.11. The summed E-state index contributed by atoms with van der Waals surface area (Å²) >= 11 is 0. The summed E-state index contributed by atoms with van der Waals surface area (Å²) in [5, 5.41) is 0. The molecule has 1 saturated heterocycles. The van der Waals surface area contributed by atoms with Crippen LogP contribution in [0.4, 0.5) is 10.3 Å². The van der Waals surface area contributed by atoms with Crippen molar-refractivity contribution in [1.29, 1.82) is 0 Å². The predicted molar refractivity (Wildman–Crippen MR) is 75.9 cm³/mol. The van der Waals surface area contributed by atoms with Crippen molar-refractivity contribution in [2.75, 3.05) is 11.4 Å². The summed E-state index contributed by atoms with van der Waals surface area (Å²) in [4.78, 5) is 11.3. The molecule has 1 aliphatic heterocycles. The summed E-state index contributed by atoms with van der Waals surface area (Å²) in [5.41, 5.74) is 1.20. The Bertz CT molecular complexity index is 643. The molecule has 1 aromatic carbocycles. The zero-order valence-corrected chi connectivity index (χ0v) is 11.2. The molecule has 0 spiro atoms. The van der Waals surface area contributed by atoms with Gasteiger partial charge in [-0.3, -0.25) is 0 Å². The topological polar surface area (TPSA) is 29.0 Å². The normalized spacial score (nSPS) is 24.4. The Kier molecular flexibility index (Phi) is 2.69. The van der Waals surface area contributed by atoms with Crippen LogP contribution in [0.2, 0.25) is 0 Å². The van der Waals surface area contributed by atoms with Crippen LogP contribution < -0.4 is 4.90 Å². The molecule has 4 heteroatoms. The third-order valence-electron chi connectivity index (χ3n) is 4.46. The highest BCUT2D eigenvalue weighted by Gasteiger charge is 2.39. The molecule has 20 heavy (non-hydrogen) atoms. The molecule has 2 aromatic rings. The lowest BCUT2D eigenvalue weighted by molar-refractivity contribution is 0.546. The maximum Gasteiger partial charge on any atom is 0.226 e. The van der Waals surface area contributed by atoms with E-state index in [1.54, 1.807) is 24.4 Å². The number of piperidine rings is 1. The second-order valence-electron chi connectivity index (χ2n) is 5.71. The highest BCUT2D eigenvalue weighted by molar-refractivity contribution is 5.61. The molecule has 2 unspecified atom stereocenters. The first-order valence-corrected chi connectivity index (χ1v) is 7.16. The Labute approximate surface area is 117 Å². The van der Waals surface area contributed by atoms with E-state index < -0.39 is 0 Å². The fourth-order valence-corrected chi connectivity index (χ4v) is 3.48. The molecule has 2 aliphatic rings. The largest absolute Gasteiger partial charge is 0.338 e. The number of hydrogen-bond acceptors (Lipinski definition) is 3. The van der Waals surface area contributed by atoms with Crippen molar-refractivity contribution in [2.45, 2.75) is 25.3 Å². The standard InChI is InChI=1S/C16H16FN3/c17-14-4-2-1-3-13(14)15-7-8-18-16(19-15)20-10-11-5-6-12(20)9-11/h1-4,7-8,11-12H,5-6,9-10H2. The smallest absolute Gasteiger partial charge is 0.226 e. The molecule has 2 bridgehead atoms. The van der Waals surface area contributed by atoms with Crippen LogP contribution in [0.3, 0.4) is 0 Å².